The maximum Gasteiger partial charge on any atom is 0.416 e. The number of methoxy groups -OCH3 is 2. The van der Waals surface area contributed by atoms with Gasteiger partial charge in [0.15, 0.2) is 0 Å². The van der Waals surface area contributed by atoms with Crippen LogP contribution in [-0.2, 0) is 23.6 Å². The number of hydrogen-bond acceptors (Lipinski definition) is 3. The number of rotatable bonds is 7. The van der Waals surface area contributed by atoms with Crippen molar-refractivity contribution >= 4 is 11.7 Å². The molecule has 2 aromatic carbocycles. The van der Waals surface area contributed by atoms with E-state index in [0.29, 0.717) is 41.9 Å². The first kappa shape index (κ1) is 30.3. The third kappa shape index (κ3) is 7.24. The van der Waals surface area contributed by atoms with E-state index >= 15 is 0 Å². The van der Waals surface area contributed by atoms with Gasteiger partial charge >= 0.3 is 18.4 Å². The molecule has 0 fully saturated rings. The number of carbonyl (C=O) groups is 1. The monoisotopic (exact) mass is 561 g/mol. The largest absolute Gasteiger partial charge is 0.496 e. The minimum atomic E-state index is -5.02. The Labute approximate surface area is 222 Å². The van der Waals surface area contributed by atoms with Crippen LogP contribution in [0.2, 0.25) is 0 Å². The Hall–Kier alpha value is -3.24. The minimum absolute atomic E-state index is 0.0425. The molecule has 214 valence electrons. The zero-order chi connectivity index (χ0) is 29.1. The number of halogens is 7. The van der Waals surface area contributed by atoms with Crippen molar-refractivity contribution < 1.29 is 45.0 Å². The summed E-state index contributed by atoms with van der Waals surface area (Å²) in [5.41, 5.74) is -0.624. The standard InChI is InChI=1S/C28H30F7NO3/c1-16(2)22-12-23(25(38-3)13-24(22)29)21-8-6-5-7-18(21)15-36(26(37)39-4)14-17-9-19(27(30,31)32)11-20(10-17)28(33,34)35/h9-13,16H,5-8,14-15H2,1-4H3. The van der Waals surface area contributed by atoms with Crippen LogP contribution in [0, 0.1) is 5.82 Å². The number of nitrogens with zero attached hydrogens (tertiary/aromatic N) is 1. The molecule has 0 bridgehead atoms. The molecule has 0 saturated heterocycles. The van der Waals surface area contributed by atoms with Gasteiger partial charge in [0.25, 0.3) is 0 Å². The summed E-state index contributed by atoms with van der Waals surface area (Å²) >= 11 is 0. The molecule has 11 heteroatoms. The predicted molar refractivity (Wildman–Crippen MR) is 132 cm³/mol. The second-order valence-corrected chi connectivity index (χ2v) is 9.76. The highest BCUT2D eigenvalue weighted by Crippen LogP contribution is 2.40. The van der Waals surface area contributed by atoms with E-state index in [1.54, 1.807) is 6.07 Å². The van der Waals surface area contributed by atoms with Gasteiger partial charge in [-0.3, -0.25) is 4.90 Å². The van der Waals surface area contributed by atoms with Gasteiger partial charge in [-0.1, -0.05) is 13.8 Å². The number of hydrogen-bond donors (Lipinski definition) is 0. The van der Waals surface area contributed by atoms with Gasteiger partial charge in [0, 0.05) is 24.7 Å². The fourth-order valence-electron chi connectivity index (χ4n) is 4.76. The summed E-state index contributed by atoms with van der Waals surface area (Å²) in [6.07, 6.45) is -8.28. The summed E-state index contributed by atoms with van der Waals surface area (Å²) in [6, 6.07) is 4.23. The van der Waals surface area contributed by atoms with Crippen LogP contribution in [0.1, 0.15) is 73.3 Å². The molecule has 0 spiro atoms. The van der Waals surface area contributed by atoms with Crippen LogP contribution in [0.4, 0.5) is 35.5 Å². The zero-order valence-corrected chi connectivity index (χ0v) is 22.0. The van der Waals surface area contributed by atoms with Gasteiger partial charge in [0.1, 0.15) is 11.6 Å². The summed E-state index contributed by atoms with van der Waals surface area (Å²) in [7, 11) is 2.49. The maximum absolute atomic E-state index is 14.6. The first-order chi connectivity index (χ1) is 18.1. The summed E-state index contributed by atoms with van der Waals surface area (Å²) in [5, 5.41) is 0. The van der Waals surface area contributed by atoms with E-state index in [9.17, 15) is 35.5 Å². The minimum Gasteiger partial charge on any atom is -0.496 e. The van der Waals surface area contributed by atoms with Crippen molar-refractivity contribution in [1.29, 1.82) is 0 Å². The first-order valence-electron chi connectivity index (χ1n) is 12.4. The van der Waals surface area contributed by atoms with Gasteiger partial charge < -0.3 is 9.47 Å². The topological polar surface area (TPSA) is 38.8 Å². The van der Waals surface area contributed by atoms with E-state index in [-0.39, 0.29) is 24.1 Å². The molecule has 0 unspecified atom stereocenters. The molecule has 0 heterocycles. The van der Waals surface area contributed by atoms with Gasteiger partial charge in [-0.05, 0) is 78.1 Å². The lowest BCUT2D eigenvalue weighted by Gasteiger charge is -2.28. The quantitative estimate of drug-likeness (QED) is 0.318. The molecule has 3 rings (SSSR count). The molecular formula is C28H30F7NO3. The summed E-state index contributed by atoms with van der Waals surface area (Å²) in [5.74, 6) is -0.258. The van der Waals surface area contributed by atoms with Gasteiger partial charge in [-0.25, -0.2) is 9.18 Å². The van der Waals surface area contributed by atoms with Crippen LogP contribution < -0.4 is 4.74 Å². The molecule has 1 aliphatic rings. The molecule has 0 radical (unpaired) electrons. The first-order valence-corrected chi connectivity index (χ1v) is 12.4. The Morgan fingerprint density at radius 3 is 2.00 bits per heavy atom. The molecule has 0 aromatic heterocycles. The number of alkyl halides is 6. The molecule has 0 aliphatic heterocycles. The lowest BCUT2D eigenvalue weighted by atomic mass is 9.85. The molecule has 2 aromatic rings. The predicted octanol–water partition coefficient (Wildman–Crippen LogP) is 8.59. The van der Waals surface area contributed by atoms with Crippen molar-refractivity contribution in [1.82, 2.24) is 4.90 Å². The van der Waals surface area contributed by atoms with Crippen LogP contribution in [-0.4, -0.2) is 31.8 Å². The number of carbonyl (C=O) groups excluding carboxylic acids is 1. The highest BCUT2D eigenvalue weighted by Gasteiger charge is 2.37. The van der Waals surface area contributed by atoms with Crippen molar-refractivity contribution in [2.75, 3.05) is 20.8 Å². The van der Waals surface area contributed by atoms with Crippen LogP contribution >= 0.6 is 0 Å². The van der Waals surface area contributed by atoms with Crippen molar-refractivity contribution in [3.05, 3.63) is 69.5 Å². The average Bonchev–Trinajstić information content (AvgIpc) is 2.86. The smallest absolute Gasteiger partial charge is 0.416 e. The second-order valence-electron chi connectivity index (χ2n) is 9.76. The van der Waals surface area contributed by atoms with E-state index < -0.39 is 41.9 Å². The van der Waals surface area contributed by atoms with Crippen LogP contribution in [0.25, 0.3) is 5.57 Å². The maximum atomic E-state index is 14.6. The van der Waals surface area contributed by atoms with Gasteiger partial charge in [0.05, 0.1) is 25.3 Å². The molecule has 0 saturated carbocycles. The Kier molecular flexibility index (Phi) is 9.23. The number of benzene rings is 2. The third-order valence-electron chi connectivity index (χ3n) is 6.68. The Morgan fingerprint density at radius 2 is 1.49 bits per heavy atom. The Bertz CT molecular complexity index is 1200. The second kappa shape index (κ2) is 11.9. The zero-order valence-electron chi connectivity index (χ0n) is 22.0. The summed E-state index contributed by atoms with van der Waals surface area (Å²) in [4.78, 5) is 13.7. The molecule has 1 aliphatic carbocycles. The SMILES string of the molecule is COC(=O)N(CC1=C(c2cc(C(C)C)c(F)cc2OC)CCCC1)Cc1cc(C(F)(F)F)cc(C(F)(F)F)c1. The lowest BCUT2D eigenvalue weighted by Crippen LogP contribution is -2.33. The van der Waals surface area contributed by atoms with E-state index in [0.717, 1.165) is 36.0 Å². The van der Waals surface area contributed by atoms with Crippen molar-refractivity contribution in [3.63, 3.8) is 0 Å². The number of amides is 1. The third-order valence-corrected chi connectivity index (χ3v) is 6.68. The van der Waals surface area contributed by atoms with E-state index in [1.165, 1.54) is 13.2 Å². The molecule has 1 amide bonds. The highest BCUT2D eigenvalue weighted by molar-refractivity contribution is 5.76. The van der Waals surface area contributed by atoms with Crippen molar-refractivity contribution in [2.45, 2.75) is 64.3 Å². The highest BCUT2D eigenvalue weighted by atomic mass is 19.4. The van der Waals surface area contributed by atoms with E-state index in [2.05, 4.69) is 0 Å². The van der Waals surface area contributed by atoms with Crippen LogP contribution in [0.3, 0.4) is 0 Å². The van der Waals surface area contributed by atoms with Gasteiger partial charge in [-0.15, -0.1) is 0 Å². The molecule has 4 nitrogen and oxygen atoms in total. The van der Waals surface area contributed by atoms with Gasteiger partial charge in [-0.2, -0.15) is 26.3 Å². The number of allylic oxidation sites excluding steroid dienone is 1. The molecule has 0 N–H and O–H groups in total. The fourth-order valence-corrected chi connectivity index (χ4v) is 4.76. The van der Waals surface area contributed by atoms with Gasteiger partial charge in [0.2, 0.25) is 0 Å². The van der Waals surface area contributed by atoms with E-state index in [1.807, 2.05) is 13.8 Å². The number of ether oxygens (including phenoxy) is 2. The molecular weight excluding hydrogens is 531 g/mol. The van der Waals surface area contributed by atoms with Crippen molar-refractivity contribution in [3.8, 4) is 5.75 Å². The van der Waals surface area contributed by atoms with Crippen LogP contribution in [0.15, 0.2) is 35.9 Å². The fraction of sp³-hybridized carbons (Fsp3) is 0.464. The summed E-state index contributed by atoms with van der Waals surface area (Å²) in [6.45, 7) is 3.04. The average molecular weight is 562 g/mol. The van der Waals surface area contributed by atoms with Crippen LogP contribution in [0.5, 0.6) is 5.75 Å². The summed E-state index contributed by atoms with van der Waals surface area (Å²) < 4.78 is 105. The van der Waals surface area contributed by atoms with Crippen molar-refractivity contribution in [2.24, 2.45) is 0 Å². The Balaban J connectivity index is 2.08. The molecule has 0 atom stereocenters. The normalized spacial score (nSPS) is 14.6. The molecule has 39 heavy (non-hydrogen) atoms. The van der Waals surface area contributed by atoms with E-state index in [4.69, 9.17) is 9.47 Å². The Morgan fingerprint density at radius 1 is 0.897 bits per heavy atom. The lowest BCUT2D eigenvalue weighted by molar-refractivity contribution is -0.143.